The molecule has 0 saturated carbocycles. The first-order valence-electron chi connectivity index (χ1n) is 9.22. The third-order valence-electron chi connectivity index (χ3n) is 5.31. The van der Waals surface area contributed by atoms with Gasteiger partial charge in [-0.05, 0) is 30.7 Å². The number of hydrogen-bond donors (Lipinski definition) is 0. The molecule has 1 aromatic carbocycles. The molecule has 1 aromatic heterocycles. The van der Waals surface area contributed by atoms with Gasteiger partial charge in [0.2, 0.25) is 5.91 Å². The van der Waals surface area contributed by atoms with E-state index in [4.69, 9.17) is 0 Å². The van der Waals surface area contributed by atoms with Crippen LogP contribution in [-0.4, -0.2) is 40.4 Å². The number of ketones is 1. The summed E-state index contributed by atoms with van der Waals surface area (Å²) in [6, 6.07) is 4.97. The van der Waals surface area contributed by atoms with Gasteiger partial charge in [-0.25, -0.2) is 0 Å². The Labute approximate surface area is 155 Å². The van der Waals surface area contributed by atoms with E-state index in [1.807, 2.05) is 13.0 Å². The van der Waals surface area contributed by atoms with Crippen LogP contribution in [0.3, 0.4) is 0 Å². The zero-order valence-corrected chi connectivity index (χ0v) is 15.5. The minimum absolute atomic E-state index is 0.0625. The molecule has 2 heterocycles. The van der Waals surface area contributed by atoms with Gasteiger partial charge in [0.05, 0.1) is 11.1 Å². The summed E-state index contributed by atoms with van der Waals surface area (Å²) in [5, 5.41) is 0.247. The molecule has 3 rings (SSSR count). The van der Waals surface area contributed by atoms with Crippen molar-refractivity contribution in [3.05, 3.63) is 35.5 Å². The lowest BCUT2D eigenvalue weighted by molar-refractivity contribution is -0.133. The Morgan fingerprint density at radius 3 is 2.44 bits per heavy atom. The van der Waals surface area contributed by atoms with E-state index in [1.54, 1.807) is 11.0 Å². The maximum absolute atomic E-state index is 13.0. The summed E-state index contributed by atoms with van der Waals surface area (Å²) in [6.07, 6.45) is -1.32. The van der Waals surface area contributed by atoms with E-state index >= 15 is 0 Å². The largest absolute Gasteiger partial charge is 0.454 e. The van der Waals surface area contributed by atoms with Crippen LogP contribution >= 0.6 is 0 Å². The summed E-state index contributed by atoms with van der Waals surface area (Å²) in [7, 11) is 0. The second-order valence-electron chi connectivity index (χ2n) is 7.23. The molecule has 0 aliphatic carbocycles. The smallest absolute Gasteiger partial charge is 0.341 e. The van der Waals surface area contributed by atoms with Crippen molar-refractivity contribution in [3.8, 4) is 0 Å². The van der Waals surface area contributed by atoms with Gasteiger partial charge in [0.15, 0.2) is 0 Å². The number of fused-ring (bicyclic) bond motifs is 1. The van der Waals surface area contributed by atoms with Crippen molar-refractivity contribution in [1.82, 2.24) is 9.47 Å². The van der Waals surface area contributed by atoms with E-state index in [0.29, 0.717) is 30.9 Å². The van der Waals surface area contributed by atoms with Crippen LogP contribution in [-0.2, 0) is 17.8 Å². The van der Waals surface area contributed by atoms with Gasteiger partial charge in [-0.15, -0.1) is 0 Å². The normalized spacial score (nSPS) is 16.1. The van der Waals surface area contributed by atoms with Gasteiger partial charge in [-0.2, -0.15) is 13.2 Å². The fraction of sp³-hybridized carbons (Fsp3) is 0.500. The number of Topliss-reactive ketones (excluding diaryl/α,β-unsaturated/α-hetero) is 1. The third-order valence-corrected chi connectivity index (χ3v) is 5.31. The van der Waals surface area contributed by atoms with Gasteiger partial charge in [-0.3, -0.25) is 9.59 Å². The summed E-state index contributed by atoms with van der Waals surface area (Å²) >= 11 is 0. The SMILES string of the molecule is CCc1cccc2c(C(=O)C(F)(F)F)cn(CC(=O)N3CCC(C)CC3)c12. The number of aryl methyl sites for hydroxylation is 1. The summed E-state index contributed by atoms with van der Waals surface area (Å²) in [6.45, 7) is 5.30. The molecule has 0 N–H and O–H groups in total. The van der Waals surface area contributed by atoms with E-state index in [0.717, 1.165) is 18.4 Å². The van der Waals surface area contributed by atoms with Gasteiger partial charge in [0, 0.05) is 24.7 Å². The van der Waals surface area contributed by atoms with Crippen LogP contribution < -0.4 is 0 Å². The van der Waals surface area contributed by atoms with Crippen molar-refractivity contribution < 1.29 is 22.8 Å². The summed E-state index contributed by atoms with van der Waals surface area (Å²) in [5.41, 5.74) is 0.952. The molecule has 2 aromatic rings. The molecule has 0 unspecified atom stereocenters. The van der Waals surface area contributed by atoms with Crippen LogP contribution in [0.5, 0.6) is 0 Å². The first-order valence-corrected chi connectivity index (χ1v) is 9.22. The Kier molecular flexibility index (Phi) is 5.31. The van der Waals surface area contributed by atoms with Gasteiger partial charge >= 0.3 is 6.18 Å². The molecule has 0 atom stereocenters. The first-order chi connectivity index (χ1) is 12.7. The molecule has 1 saturated heterocycles. The first kappa shape index (κ1) is 19.5. The zero-order valence-electron chi connectivity index (χ0n) is 15.5. The van der Waals surface area contributed by atoms with Crippen LogP contribution in [0, 0.1) is 5.92 Å². The molecule has 0 spiro atoms. The van der Waals surface area contributed by atoms with E-state index in [1.165, 1.54) is 16.8 Å². The highest BCUT2D eigenvalue weighted by Gasteiger charge is 2.41. The number of alkyl halides is 3. The zero-order chi connectivity index (χ0) is 19.8. The average molecular weight is 380 g/mol. The lowest BCUT2D eigenvalue weighted by Crippen LogP contribution is -2.39. The molecule has 146 valence electrons. The number of carbonyl (C=O) groups is 2. The number of para-hydroxylation sites is 1. The standard InChI is InChI=1S/C20H23F3N2O2/c1-3-14-5-4-6-15-16(19(27)20(21,22)23)11-25(18(14)15)12-17(26)24-9-7-13(2)8-10-24/h4-6,11,13H,3,7-10,12H2,1-2H3. The average Bonchev–Trinajstić information content (AvgIpc) is 2.99. The number of rotatable bonds is 4. The number of amides is 1. The summed E-state index contributed by atoms with van der Waals surface area (Å²) in [4.78, 5) is 26.3. The highest BCUT2D eigenvalue weighted by atomic mass is 19.4. The fourth-order valence-corrected chi connectivity index (χ4v) is 3.69. The van der Waals surface area contributed by atoms with Crippen LogP contribution in [0.25, 0.3) is 10.9 Å². The number of halogens is 3. The molecule has 27 heavy (non-hydrogen) atoms. The quantitative estimate of drug-likeness (QED) is 0.746. The van der Waals surface area contributed by atoms with Crippen molar-refractivity contribution in [2.75, 3.05) is 13.1 Å². The fourth-order valence-electron chi connectivity index (χ4n) is 3.69. The Morgan fingerprint density at radius 2 is 1.85 bits per heavy atom. The van der Waals surface area contributed by atoms with Gasteiger partial charge < -0.3 is 9.47 Å². The van der Waals surface area contributed by atoms with Crippen molar-refractivity contribution in [1.29, 1.82) is 0 Å². The van der Waals surface area contributed by atoms with Gasteiger partial charge in [-0.1, -0.05) is 32.0 Å². The number of likely N-dealkylation sites (tertiary alicyclic amines) is 1. The number of carbonyl (C=O) groups excluding carboxylic acids is 2. The van der Waals surface area contributed by atoms with Crippen LogP contribution in [0.15, 0.2) is 24.4 Å². The topological polar surface area (TPSA) is 42.3 Å². The van der Waals surface area contributed by atoms with Crippen molar-refractivity contribution in [2.24, 2.45) is 5.92 Å². The molecule has 0 bridgehead atoms. The molecule has 1 aliphatic heterocycles. The molecule has 1 aliphatic rings. The third kappa shape index (κ3) is 3.87. The monoisotopic (exact) mass is 380 g/mol. The van der Waals surface area contributed by atoms with Gasteiger partial charge in [0.1, 0.15) is 6.54 Å². The summed E-state index contributed by atoms with van der Waals surface area (Å²) in [5.74, 6) is -1.43. The van der Waals surface area contributed by atoms with Crippen LogP contribution in [0.4, 0.5) is 13.2 Å². The second kappa shape index (κ2) is 7.37. The van der Waals surface area contributed by atoms with Crippen molar-refractivity contribution >= 4 is 22.6 Å². The Bertz CT molecular complexity index is 862. The second-order valence-corrected chi connectivity index (χ2v) is 7.23. The van der Waals surface area contributed by atoms with E-state index in [9.17, 15) is 22.8 Å². The van der Waals surface area contributed by atoms with Crippen molar-refractivity contribution in [2.45, 2.75) is 45.8 Å². The van der Waals surface area contributed by atoms with Gasteiger partial charge in [0.25, 0.3) is 5.78 Å². The van der Waals surface area contributed by atoms with Crippen LogP contribution in [0.2, 0.25) is 0 Å². The maximum atomic E-state index is 13.0. The molecule has 7 heteroatoms. The Hall–Kier alpha value is -2.31. The number of piperidine rings is 1. The minimum Gasteiger partial charge on any atom is -0.341 e. The highest BCUT2D eigenvalue weighted by molar-refractivity contribution is 6.11. The van der Waals surface area contributed by atoms with E-state index in [2.05, 4.69) is 6.92 Å². The van der Waals surface area contributed by atoms with E-state index < -0.39 is 17.5 Å². The number of benzene rings is 1. The number of hydrogen-bond acceptors (Lipinski definition) is 2. The van der Waals surface area contributed by atoms with E-state index in [-0.39, 0.29) is 17.8 Å². The van der Waals surface area contributed by atoms with Crippen molar-refractivity contribution in [3.63, 3.8) is 0 Å². The lowest BCUT2D eigenvalue weighted by atomic mass is 9.99. The lowest BCUT2D eigenvalue weighted by Gasteiger charge is -2.30. The minimum atomic E-state index is -4.95. The molecule has 0 radical (unpaired) electrons. The summed E-state index contributed by atoms with van der Waals surface area (Å²) < 4.78 is 40.5. The highest BCUT2D eigenvalue weighted by Crippen LogP contribution is 2.31. The number of nitrogens with zero attached hydrogens (tertiary/aromatic N) is 2. The Balaban J connectivity index is 1.99. The predicted octanol–water partition coefficient (Wildman–Crippen LogP) is 4.21. The Morgan fingerprint density at radius 1 is 1.19 bits per heavy atom. The predicted molar refractivity (Wildman–Crippen MR) is 96.7 cm³/mol. The molecule has 1 amide bonds. The number of aromatic nitrogens is 1. The molecular formula is C20H23F3N2O2. The molecular weight excluding hydrogens is 357 g/mol. The molecule has 1 fully saturated rings. The maximum Gasteiger partial charge on any atom is 0.454 e. The van der Waals surface area contributed by atoms with Crippen LogP contribution in [0.1, 0.15) is 42.6 Å². The molecule has 4 nitrogen and oxygen atoms in total.